The van der Waals surface area contributed by atoms with Crippen molar-refractivity contribution in [3.63, 3.8) is 0 Å². The monoisotopic (exact) mass is 584 g/mol. The molecule has 0 bridgehead atoms. The number of nitrogens with one attached hydrogen (secondary N) is 3. The minimum absolute atomic E-state index is 0.0544. The molecular weight excluding hydrogens is 542 g/mol. The Kier molecular flexibility index (Phi) is 11.4. The largest absolute Gasteiger partial charge is 0.393 e. The van der Waals surface area contributed by atoms with Gasteiger partial charge in [0.25, 0.3) is 5.91 Å². The molecular formula is C31H42F2N6O3. The molecule has 1 fully saturated rings. The van der Waals surface area contributed by atoms with Crippen LogP contribution in [0.5, 0.6) is 0 Å². The van der Waals surface area contributed by atoms with Gasteiger partial charge in [-0.15, -0.1) is 0 Å². The molecule has 3 rings (SSSR count). The molecule has 0 radical (unpaired) electrons. The van der Waals surface area contributed by atoms with Gasteiger partial charge in [-0.3, -0.25) is 14.4 Å². The Morgan fingerprint density at radius 3 is 2.29 bits per heavy atom. The minimum Gasteiger partial charge on any atom is -0.393 e. The number of likely N-dealkylation sites (N-methyl/N-ethyl adjacent to an activating group) is 1. The summed E-state index contributed by atoms with van der Waals surface area (Å²) in [6, 6.07) is 10.7. The first kappa shape index (κ1) is 32.5. The van der Waals surface area contributed by atoms with E-state index in [-0.39, 0.29) is 54.8 Å². The molecule has 2 atom stereocenters. The zero-order valence-electron chi connectivity index (χ0n) is 24.8. The quantitative estimate of drug-likeness (QED) is 0.285. The molecule has 3 amide bonds. The molecule has 1 heterocycles. The van der Waals surface area contributed by atoms with Crippen LogP contribution in [0.3, 0.4) is 0 Å². The molecule has 42 heavy (non-hydrogen) atoms. The van der Waals surface area contributed by atoms with E-state index < -0.39 is 17.4 Å². The number of nitrogens with two attached hydrogens (primary N) is 1. The van der Waals surface area contributed by atoms with Gasteiger partial charge in [-0.2, -0.15) is 0 Å². The molecule has 9 nitrogen and oxygen atoms in total. The Balaban J connectivity index is 1.80. The molecule has 1 aliphatic rings. The fourth-order valence-corrected chi connectivity index (χ4v) is 4.90. The molecule has 228 valence electrons. The van der Waals surface area contributed by atoms with Gasteiger partial charge in [0.05, 0.1) is 6.54 Å². The highest BCUT2D eigenvalue weighted by atomic mass is 19.1. The number of halogens is 2. The Bertz CT molecular complexity index is 1240. The fourth-order valence-electron chi connectivity index (χ4n) is 4.90. The van der Waals surface area contributed by atoms with Crippen molar-refractivity contribution < 1.29 is 23.2 Å². The first-order valence-electron chi connectivity index (χ1n) is 14.1. The lowest BCUT2D eigenvalue weighted by molar-refractivity contribution is -0.141. The van der Waals surface area contributed by atoms with Crippen LogP contribution >= 0.6 is 0 Å². The summed E-state index contributed by atoms with van der Waals surface area (Å²) in [4.78, 5) is 43.1. The summed E-state index contributed by atoms with van der Waals surface area (Å²) in [6.45, 7) is 6.82. The Labute approximate surface area is 246 Å². The van der Waals surface area contributed by atoms with Crippen molar-refractivity contribution in [1.82, 2.24) is 20.4 Å². The second-order valence-electron chi connectivity index (χ2n) is 11.6. The van der Waals surface area contributed by atoms with Gasteiger partial charge in [-0.1, -0.05) is 32.9 Å². The molecule has 2 aromatic carbocycles. The van der Waals surface area contributed by atoms with Gasteiger partial charge in [0, 0.05) is 37.6 Å². The number of benzene rings is 2. The van der Waals surface area contributed by atoms with Crippen molar-refractivity contribution in [3.8, 4) is 0 Å². The van der Waals surface area contributed by atoms with E-state index in [1.165, 1.54) is 42.6 Å². The zero-order valence-corrected chi connectivity index (χ0v) is 24.8. The van der Waals surface area contributed by atoms with E-state index in [4.69, 9.17) is 5.73 Å². The number of carbonyl (C=O) groups excluding carboxylic acids is 3. The van der Waals surface area contributed by atoms with E-state index in [0.29, 0.717) is 25.1 Å². The van der Waals surface area contributed by atoms with E-state index in [9.17, 15) is 23.2 Å². The standard InChI is InChI=1S/C31H42F2N6O3/c1-31(2,3)28(37-27(40)19-35-4)30(42)39-16-5-6-25(39)20-38(17-15-21-7-9-22(32)10-8-21)29(41)26(34)18-36-24-13-11-23(33)12-14-24/h7-14,18,25,28,35-36H,5-6,15-17,19-20,34H2,1-4H3,(H,37,40)/b26-18-. The molecule has 1 aliphatic heterocycles. The topological polar surface area (TPSA) is 120 Å². The van der Waals surface area contributed by atoms with Crippen LogP contribution in [0.2, 0.25) is 0 Å². The van der Waals surface area contributed by atoms with Crippen molar-refractivity contribution in [2.45, 2.75) is 52.1 Å². The minimum atomic E-state index is -0.743. The third-order valence-corrected chi connectivity index (χ3v) is 7.20. The summed E-state index contributed by atoms with van der Waals surface area (Å²) in [6.07, 6.45) is 3.26. The number of likely N-dealkylation sites (tertiary alicyclic amines) is 1. The molecule has 11 heteroatoms. The van der Waals surface area contributed by atoms with Crippen LogP contribution in [0.4, 0.5) is 14.5 Å². The summed E-state index contributed by atoms with van der Waals surface area (Å²) >= 11 is 0. The van der Waals surface area contributed by atoms with Crippen LogP contribution in [0, 0.1) is 17.0 Å². The lowest BCUT2D eigenvalue weighted by Crippen LogP contribution is -2.58. The second kappa shape index (κ2) is 14.8. The third kappa shape index (κ3) is 9.27. The van der Waals surface area contributed by atoms with Gasteiger partial charge < -0.3 is 31.5 Å². The number of nitrogens with zero attached hydrogens (tertiary/aromatic N) is 2. The van der Waals surface area contributed by atoms with Gasteiger partial charge in [0.1, 0.15) is 23.4 Å². The van der Waals surface area contributed by atoms with Crippen LogP contribution in [-0.4, -0.2) is 72.8 Å². The normalized spacial score (nSPS) is 16.2. The molecule has 0 saturated carbocycles. The predicted octanol–water partition coefficient (Wildman–Crippen LogP) is 2.99. The second-order valence-corrected chi connectivity index (χ2v) is 11.6. The maximum absolute atomic E-state index is 13.8. The Morgan fingerprint density at radius 1 is 1.07 bits per heavy atom. The lowest BCUT2D eigenvalue weighted by atomic mass is 9.85. The van der Waals surface area contributed by atoms with E-state index in [0.717, 1.165) is 12.0 Å². The van der Waals surface area contributed by atoms with Crippen molar-refractivity contribution >= 4 is 23.4 Å². The van der Waals surface area contributed by atoms with Crippen molar-refractivity contribution in [2.75, 3.05) is 38.5 Å². The van der Waals surface area contributed by atoms with Gasteiger partial charge in [-0.05, 0) is 73.7 Å². The van der Waals surface area contributed by atoms with Crippen LogP contribution in [0.25, 0.3) is 0 Å². The highest BCUT2D eigenvalue weighted by molar-refractivity contribution is 5.93. The fraction of sp³-hybridized carbons (Fsp3) is 0.452. The molecule has 2 aromatic rings. The summed E-state index contributed by atoms with van der Waals surface area (Å²) in [7, 11) is 1.66. The SMILES string of the molecule is CNCC(=O)NC(C(=O)N1CCCC1CN(CCc1ccc(F)cc1)C(=O)/C(N)=C/Nc1ccc(F)cc1)C(C)(C)C. The van der Waals surface area contributed by atoms with Gasteiger partial charge in [-0.25, -0.2) is 8.78 Å². The average Bonchev–Trinajstić information content (AvgIpc) is 3.41. The van der Waals surface area contributed by atoms with Gasteiger partial charge in [0.2, 0.25) is 11.8 Å². The van der Waals surface area contributed by atoms with E-state index in [2.05, 4.69) is 16.0 Å². The maximum atomic E-state index is 13.8. The van der Waals surface area contributed by atoms with Crippen molar-refractivity contribution in [3.05, 3.63) is 77.6 Å². The lowest BCUT2D eigenvalue weighted by Gasteiger charge is -2.37. The first-order valence-corrected chi connectivity index (χ1v) is 14.1. The molecule has 0 aliphatic carbocycles. The summed E-state index contributed by atoms with van der Waals surface area (Å²) in [5.41, 5.74) is 7.01. The number of amides is 3. The Hall–Kier alpha value is -3.99. The Morgan fingerprint density at radius 2 is 1.69 bits per heavy atom. The predicted molar refractivity (Wildman–Crippen MR) is 159 cm³/mol. The van der Waals surface area contributed by atoms with Crippen molar-refractivity contribution in [2.24, 2.45) is 11.1 Å². The molecule has 0 aromatic heterocycles. The number of hydrogen-bond donors (Lipinski definition) is 4. The van der Waals surface area contributed by atoms with E-state index in [1.54, 1.807) is 29.0 Å². The number of anilines is 1. The smallest absolute Gasteiger partial charge is 0.271 e. The number of hydrogen-bond acceptors (Lipinski definition) is 6. The highest BCUT2D eigenvalue weighted by Crippen LogP contribution is 2.26. The van der Waals surface area contributed by atoms with Crippen LogP contribution < -0.4 is 21.7 Å². The highest BCUT2D eigenvalue weighted by Gasteiger charge is 2.40. The molecule has 2 unspecified atom stereocenters. The zero-order chi connectivity index (χ0) is 30.9. The summed E-state index contributed by atoms with van der Waals surface area (Å²) < 4.78 is 26.7. The molecule has 5 N–H and O–H groups in total. The van der Waals surface area contributed by atoms with Gasteiger partial charge >= 0.3 is 0 Å². The number of rotatable bonds is 12. The van der Waals surface area contributed by atoms with Crippen LogP contribution in [0.1, 0.15) is 39.2 Å². The van der Waals surface area contributed by atoms with Crippen LogP contribution in [0.15, 0.2) is 60.4 Å². The van der Waals surface area contributed by atoms with Crippen LogP contribution in [-0.2, 0) is 20.8 Å². The van der Waals surface area contributed by atoms with E-state index >= 15 is 0 Å². The molecule has 1 saturated heterocycles. The average molecular weight is 585 g/mol. The summed E-state index contributed by atoms with van der Waals surface area (Å²) in [5, 5.41) is 8.59. The molecule has 0 spiro atoms. The van der Waals surface area contributed by atoms with Crippen molar-refractivity contribution in [1.29, 1.82) is 0 Å². The summed E-state index contributed by atoms with van der Waals surface area (Å²) in [5.74, 6) is -1.63. The first-order chi connectivity index (χ1) is 19.9. The maximum Gasteiger partial charge on any atom is 0.271 e. The third-order valence-electron chi connectivity index (χ3n) is 7.20. The van der Waals surface area contributed by atoms with E-state index in [1.807, 2.05) is 20.8 Å². The number of carbonyl (C=O) groups is 3. The van der Waals surface area contributed by atoms with Gasteiger partial charge in [0.15, 0.2) is 0 Å².